The summed E-state index contributed by atoms with van der Waals surface area (Å²) in [5.74, 6) is 1.31. The molecule has 0 unspecified atom stereocenters. The summed E-state index contributed by atoms with van der Waals surface area (Å²) < 4.78 is 5.06. The minimum Gasteiger partial charge on any atom is -0.497 e. The van der Waals surface area contributed by atoms with Gasteiger partial charge in [-0.1, -0.05) is 18.7 Å². The van der Waals surface area contributed by atoms with E-state index in [-0.39, 0.29) is 0 Å². The van der Waals surface area contributed by atoms with Crippen LogP contribution in [0.3, 0.4) is 0 Å². The van der Waals surface area contributed by atoms with Gasteiger partial charge in [0.05, 0.1) is 7.11 Å². The molecule has 1 rings (SSSR count). The highest BCUT2D eigenvalue weighted by atomic mass is 35.5. The van der Waals surface area contributed by atoms with E-state index in [1.54, 1.807) is 13.2 Å². The quantitative estimate of drug-likeness (QED) is 0.653. The van der Waals surface area contributed by atoms with Crippen molar-refractivity contribution in [1.82, 2.24) is 0 Å². The lowest BCUT2D eigenvalue weighted by Crippen LogP contribution is -1.88. The summed E-state index contributed by atoms with van der Waals surface area (Å²) in [4.78, 5) is 0. The highest BCUT2D eigenvalue weighted by Gasteiger charge is 1.99. The first-order chi connectivity index (χ1) is 5.81. The van der Waals surface area contributed by atoms with E-state index in [9.17, 15) is 0 Å². The maximum absolute atomic E-state index is 5.74. The molecule has 0 atom stereocenters. The van der Waals surface area contributed by atoms with Crippen LogP contribution < -0.4 is 4.74 Å². The van der Waals surface area contributed by atoms with E-state index < -0.39 is 0 Å². The van der Waals surface area contributed by atoms with E-state index in [2.05, 4.69) is 6.58 Å². The molecule has 64 valence electrons. The van der Waals surface area contributed by atoms with Crippen LogP contribution in [-0.4, -0.2) is 7.11 Å². The maximum Gasteiger partial charge on any atom is 0.119 e. The molecule has 1 aromatic rings. The van der Waals surface area contributed by atoms with Crippen molar-refractivity contribution in [2.24, 2.45) is 0 Å². The highest BCUT2D eigenvalue weighted by molar-refractivity contribution is 6.17. The monoisotopic (exact) mass is 182 g/mol. The molecule has 0 amide bonds. The summed E-state index contributed by atoms with van der Waals surface area (Å²) in [6.07, 6.45) is 1.79. The van der Waals surface area contributed by atoms with Gasteiger partial charge in [0.15, 0.2) is 0 Å². The van der Waals surface area contributed by atoms with E-state index in [0.717, 1.165) is 16.9 Å². The molecule has 2 heteroatoms. The molecule has 0 saturated heterocycles. The van der Waals surface area contributed by atoms with E-state index in [0.29, 0.717) is 5.88 Å². The molecule has 0 aromatic heterocycles. The van der Waals surface area contributed by atoms with Crippen molar-refractivity contribution in [3.8, 4) is 5.75 Å². The van der Waals surface area contributed by atoms with Gasteiger partial charge in [0, 0.05) is 5.88 Å². The van der Waals surface area contributed by atoms with Gasteiger partial charge >= 0.3 is 0 Å². The van der Waals surface area contributed by atoms with E-state index in [1.165, 1.54) is 0 Å². The van der Waals surface area contributed by atoms with Gasteiger partial charge in [-0.2, -0.15) is 0 Å². The first-order valence-corrected chi connectivity index (χ1v) is 4.20. The molecule has 12 heavy (non-hydrogen) atoms. The number of benzene rings is 1. The van der Waals surface area contributed by atoms with Gasteiger partial charge in [-0.25, -0.2) is 0 Å². The van der Waals surface area contributed by atoms with Crippen LogP contribution in [0.1, 0.15) is 11.1 Å². The number of alkyl halides is 1. The summed E-state index contributed by atoms with van der Waals surface area (Å²) in [6, 6.07) is 5.76. The third-order valence-corrected chi connectivity index (χ3v) is 2.00. The molecule has 0 radical (unpaired) electrons. The molecule has 0 fully saturated rings. The lowest BCUT2D eigenvalue weighted by Gasteiger charge is -2.04. The van der Waals surface area contributed by atoms with Crippen LogP contribution in [0, 0.1) is 0 Å². The summed E-state index contributed by atoms with van der Waals surface area (Å²) in [7, 11) is 1.64. The average molecular weight is 183 g/mol. The molecule has 0 saturated carbocycles. The van der Waals surface area contributed by atoms with E-state index in [1.807, 2.05) is 18.2 Å². The molecule has 0 aliphatic heterocycles. The molecular weight excluding hydrogens is 172 g/mol. The Balaban J connectivity index is 3.10. The minimum atomic E-state index is 0.485. The van der Waals surface area contributed by atoms with Gasteiger partial charge in [-0.05, 0) is 23.3 Å². The fourth-order valence-corrected chi connectivity index (χ4v) is 1.26. The number of ether oxygens (including phenoxy) is 1. The van der Waals surface area contributed by atoms with Gasteiger partial charge in [0.25, 0.3) is 0 Å². The lowest BCUT2D eigenvalue weighted by atomic mass is 10.1. The molecule has 1 nitrogen and oxygen atoms in total. The van der Waals surface area contributed by atoms with Crippen LogP contribution in [0.15, 0.2) is 24.8 Å². The molecule has 0 bridgehead atoms. The molecule has 1 aromatic carbocycles. The Bertz CT molecular complexity index is 281. The van der Waals surface area contributed by atoms with Crippen molar-refractivity contribution < 1.29 is 4.74 Å². The third-order valence-electron chi connectivity index (χ3n) is 1.71. The zero-order valence-corrected chi connectivity index (χ0v) is 7.77. The van der Waals surface area contributed by atoms with Gasteiger partial charge in [0.1, 0.15) is 5.75 Å². The largest absolute Gasteiger partial charge is 0.497 e. The smallest absolute Gasteiger partial charge is 0.119 e. The molecule has 0 spiro atoms. The maximum atomic E-state index is 5.74. The number of rotatable bonds is 3. The second kappa shape index (κ2) is 4.17. The second-order valence-corrected chi connectivity index (χ2v) is 2.67. The van der Waals surface area contributed by atoms with Crippen molar-refractivity contribution >= 4 is 17.7 Å². The third kappa shape index (κ3) is 1.80. The SMILES string of the molecule is C=Cc1ccc(OC)cc1CCl. The Morgan fingerprint density at radius 2 is 2.33 bits per heavy atom. The van der Waals surface area contributed by atoms with Gasteiger partial charge < -0.3 is 4.74 Å². The second-order valence-electron chi connectivity index (χ2n) is 2.40. The van der Waals surface area contributed by atoms with Crippen LogP contribution in [0.5, 0.6) is 5.75 Å². The lowest BCUT2D eigenvalue weighted by molar-refractivity contribution is 0.414. The Kier molecular flexibility index (Phi) is 3.18. The molecular formula is C10H11ClO. The summed E-state index contributed by atoms with van der Waals surface area (Å²) in [5, 5.41) is 0. The summed E-state index contributed by atoms with van der Waals surface area (Å²) in [6.45, 7) is 3.70. The van der Waals surface area contributed by atoms with Crippen molar-refractivity contribution in [3.63, 3.8) is 0 Å². The number of methoxy groups -OCH3 is 1. The first-order valence-electron chi connectivity index (χ1n) is 3.67. The van der Waals surface area contributed by atoms with Crippen LogP contribution in [-0.2, 0) is 5.88 Å². The Hall–Kier alpha value is -0.950. The van der Waals surface area contributed by atoms with Crippen molar-refractivity contribution in [1.29, 1.82) is 0 Å². The number of halogens is 1. The minimum absolute atomic E-state index is 0.485. The zero-order valence-electron chi connectivity index (χ0n) is 7.01. The normalized spacial score (nSPS) is 9.50. The van der Waals surface area contributed by atoms with Crippen LogP contribution in [0.2, 0.25) is 0 Å². The predicted octanol–water partition coefficient (Wildman–Crippen LogP) is 3.08. The fourth-order valence-electron chi connectivity index (χ4n) is 1.02. The van der Waals surface area contributed by atoms with Crippen molar-refractivity contribution in [2.75, 3.05) is 7.11 Å². The van der Waals surface area contributed by atoms with Crippen molar-refractivity contribution in [2.45, 2.75) is 5.88 Å². The van der Waals surface area contributed by atoms with Crippen LogP contribution >= 0.6 is 11.6 Å². The Morgan fingerprint density at radius 1 is 1.58 bits per heavy atom. The number of hydrogen-bond donors (Lipinski definition) is 0. The van der Waals surface area contributed by atoms with E-state index >= 15 is 0 Å². The average Bonchev–Trinajstić information content (AvgIpc) is 2.16. The predicted molar refractivity (Wildman–Crippen MR) is 52.6 cm³/mol. The van der Waals surface area contributed by atoms with Crippen LogP contribution in [0.4, 0.5) is 0 Å². The molecule has 0 aliphatic rings. The topological polar surface area (TPSA) is 9.23 Å². The van der Waals surface area contributed by atoms with Gasteiger partial charge in [-0.3, -0.25) is 0 Å². The first kappa shape index (κ1) is 9.14. The zero-order chi connectivity index (χ0) is 8.97. The Labute approximate surface area is 77.6 Å². The summed E-state index contributed by atoms with van der Waals surface area (Å²) >= 11 is 5.74. The van der Waals surface area contributed by atoms with Gasteiger partial charge in [-0.15, -0.1) is 11.6 Å². The van der Waals surface area contributed by atoms with Crippen LogP contribution in [0.25, 0.3) is 6.08 Å². The Morgan fingerprint density at radius 3 is 2.83 bits per heavy atom. The number of hydrogen-bond acceptors (Lipinski definition) is 1. The molecule has 0 N–H and O–H groups in total. The molecule has 0 heterocycles. The van der Waals surface area contributed by atoms with E-state index in [4.69, 9.17) is 16.3 Å². The highest BCUT2D eigenvalue weighted by Crippen LogP contribution is 2.19. The molecule has 0 aliphatic carbocycles. The fraction of sp³-hybridized carbons (Fsp3) is 0.200. The van der Waals surface area contributed by atoms with Crippen molar-refractivity contribution in [3.05, 3.63) is 35.9 Å². The van der Waals surface area contributed by atoms with Gasteiger partial charge in [0.2, 0.25) is 0 Å². The standard InChI is InChI=1S/C10H11ClO/c1-3-8-4-5-10(12-2)6-9(8)7-11/h3-6H,1,7H2,2H3. The summed E-state index contributed by atoms with van der Waals surface area (Å²) in [5.41, 5.74) is 2.11.